The van der Waals surface area contributed by atoms with Crippen LogP contribution in [0.15, 0.2) is 18.3 Å². The van der Waals surface area contributed by atoms with Crippen LogP contribution in [0.2, 0.25) is 0 Å². The van der Waals surface area contributed by atoms with Gasteiger partial charge in [0.15, 0.2) is 5.65 Å². The molecular formula is C18H27N5. The van der Waals surface area contributed by atoms with E-state index in [2.05, 4.69) is 39.5 Å². The number of piperidine rings is 1. The van der Waals surface area contributed by atoms with Crippen LogP contribution in [0, 0.1) is 0 Å². The van der Waals surface area contributed by atoms with Crippen molar-refractivity contribution < 1.29 is 0 Å². The number of likely N-dealkylation sites (N-methyl/N-ethyl adjacent to an activating group) is 1. The van der Waals surface area contributed by atoms with E-state index in [4.69, 9.17) is 4.98 Å². The third-order valence-corrected chi connectivity index (χ3v) is 5.66. The van der Waals surface area contributed by atoms with Gasteiger partial charge < -0.3 is 14.4 Å². The number of rotatable bonds is 3. The number of likely N-dealkylation sites (tertiary alicyclic amines) is 2. The van der Waals surface area contributed by atoms with E-state index < -0.39 is 0 Å². The molecule has 0 aliphatic carbocycles. The molecule has 1 atom stereocenters. The number of nitrogens with zero attached hydrogens (tertiary/aromatic N) is 5. The smallest absolute Gasteiger partial charge is 0.160 e. The van der Waals surface area contributed by atoms with Crippen molar-refractivity contribution in [3.8, 4) is 0 Å². The van der Waals surface area contributed by atoms with Crippen molar-refractivity contribution >= 4 is 11.2 Å². The first-order valence-electron chi connectivity index (χ1n) is 8.93. The Morgan fingerprint density at radius 1 is 1.13 bits per heavy atom. The molecular weight excluding hydrogens is 286 g/mol. The summed E-state index contributed by atoms with van der Waals surface area (Å²) < 4.78 is 2.47. The highest BCUT2D eigenvalue weighted by Gasteiger charge is 2.27. The molecule has 0 bridgehead atoms. The van der Waals surface area contributed by atoms with Crippen LogP contribution in [0.1, 0.15) is 37.5 Å². The minimum atomic E-state index is 0.549. The Kier molecular flexibility index (Phi) is 4.07. The van der Waals surface area contributed by atoms with Gasteiger partial charge in [-0.05, 0) is 71.5 Å². The van der Waals surface area contributed by atoms with E-state index in [1.165, 1.54) is 51.1 Å². The maximum absolute atomic E-state index is 4.97. The molecule has 5 heteroatoms. The van der Waals surface area contributed by atoms with Crippen molar-refractivity contribution in [3.05, 3.63) is 24.2 Å². The zero-order valence-corrected chi connectivity index (χ0v) is 14.3. The van der Waals surface area contributed by atoms with E-state index >= 15 is 0 Å². The molecule has 0 spiro atoms. The molecule has 0 saturated carbocycles. The molecule has 124 valence electrons. The fourth-order valence-electron chi connectivity index (χ4n) is 4.21. The van der Waals surface area contributed by atoms with E-state index in [9.17, 15) is 0 Å². The first-order valence-corrected chi connectivity index (χ1v) is 8.93. The van der Waals surface area contributed by atoms with Crippen LogP contribution in [0.3, 0.4) is 0 Å². The van der Waals surface area contributed by atoms with Crippen LogP contribution < -0.4 is 0 Å². The van der Waals surface area contributed by atoms with Gasteiger partial charge >= 0.3 is 0 Å². The lowest BCUT2D eigenvalue weighted by atomic mass is 10.0. The summed E-state index contributed by atoms with van der Waals surface area (Å²) in [6.07, 6.45) is 7.96. The molecule has 0 radical (unpaired) electrons. The Morgan fingerprint density at radius 2 is 1.96 bits per heavy atom. The fraction of sp³-hybridized carbons (Fsp3) is 0.667. The third kappa shape index (κ3) is 2.88. The predicted octanol–water partition coefficient (Wildman–Crippen LogP) is 2.33. The van der Waals surface area contributed by atoms with Crippen molar-refractivity contribution in [3.63, 3.8) is 0 Å². The van der Waals surface area contributed by atoms with Gasteiger partial charge in [0.1, 0.15) is 11.3 Å². The lowest BCUT2D eigenvalue weighted by molar-refractivity contribution is 0.218. The molecule has 2 aliphatic rings. The summed E-state index contributed by atoms with van der Waals surface area (Å²) >= 11 is 0. The molecule has 2 aliphatic heterocycles. The number of aromatic nitrogens is 3. The molecule has 0 N–H and O–H groups in total. The highest BCUT2D eigenvalue weighted by atomic mass is 15.2. The lowest BCUT2D eigenvalue weighted by Crippen LogP contribution is -2.33. The molecule has 5 nitrogen and oxygen atoms in total. The standard InChI is InChI=1S/C18H27N5/c1-21-11-7-14(8-12-21)23-17(13-15-5-4-10-22(15)2)20-16-6-3-9-19-18(16)23/h3,6,9,14-15H,4-5,7-8,10-13H2,1-2H3. The van der Waals surface area contributed by atoms with Crippen molar-refractivity contribution in [2.75, 3.05) is 33.7 Å². The maximum atomic E-state index is 4.97. The summed E-state index contributed by atoms with van der Waals surface area (Å²) in [6, 6.07) is 5.29. The van der Waals surface area contributed by atoms with Crippen molar-refractivity contribution in [1.82, 2.24) is 24.3 Å². The van der Waals surface area contributed by atoms with Crippen molar-refractivity contribution in [2.45, 2.75) is 44.2 Å². The van der Waals surface area contributed by atoms with Gasteiger partial charge in [0.2, 0.25) is 0 Å². The molecule has 2 fully saturated rings. The van der Waals surface area contributed by atoms with Crippen molar-refractivity contribution in [1.29, 1.82) is 0 Å². The summed E-state index contributed by atoms with van der Waals surface area (Å²) in [6.45, 7) is 3.55. The number of imidazole rings is 1. The topological polar surface area (TPSA) is 37.2 Å². The van der Waals surface area contributed by atoms with Gasteiger partial charge in [0.25, 0.3) is 0 Å². The van der Waals surface area contributed by atoms with Gasteiger partial charge in [0, 0.05) is 24.7 Å². The highest BCUT2D eigenvalue weighted by molar-refractivity contribution is 5.71. The summed E-state index contributed by atoms with van der Waals surface area (Å²) in [4.78, 5) is 14.5. The van der Waals surface area contributed by atoms with E-state index in [1.54, 1.807) is 0 Å². The second kappa shape index (κ2) is 6.21. The molecule has 4 rings (SSSR count). The second-order valence-corrected chi connectivity index (χ2v) is 7.26. The minimum absolute atomic E-state index is 0.549. The highest BCUT2D eigenvalue weighted by Crippen LogP contribution is 2.29. The summed E-state index contributed by atoms with van der Waals surface area (Å²) in [7, 11) is 4.47. The molecule has 2 aromatic rings. The van der Waals surface area contributed by atoms with Gasteiger partial charge in [-0.2, -0.15) is 0 Å². The Bertz CT molecular complexity index is 671. The van der Waals surface area contributed by atoms with Gasteiger partial charge in [-0.1, -0.05) is 0 Å². The molecule has 1 unspecified atom stereocenters. The van der Waals surface area contributed by atoms with Crippen LogP contribution in [0.25, 0.3) is 11.2 Å². The average molecular weight is 313 g/mol. The van der Waals surface area contributed by atoms with Crippen LogP contribution in [-0.2, 0) is 6.42 Å². The van der Waals surface area contributed by atoms with Crippen LogP contribution >= 0.6 is 0 Å². The van der Waals surface area contributed by atoms with Crippen LogP contribution in [-0.4, -0.2) is 64.1 Å². The van der Waals surface area contributed by atoms with Gasteiger partial charge in [0.05, 0.1) is 0 Å². The van der Waals surface area contributed by atoms with E-state index in [0.29, 0.717) is 12.1 Å². The normalized spacial score (nSPS) is 24.7. The Morgan fingerprint density at radius 3 is 2.70 bits per heavy atom. The quantitative estimate of drug-likeness (QED) is 0.871. The summed E-state index contributed by atoms with van der Waals surface area (Å²) in [5, 5.41) is 0. The van der Waals surface area contributed by atoms with Crippen molar-refractivity contribution in [2.24, 2.45) is 0 Å². The molecule has 0 aromatic carbocycles. The summed E-state index contributed by atoms with van der Waals surface area (Å²) in [5.41, 5.74) is 2.14. The molecule has 4 heterocycles. The van der Waals surface area contributed by atoms with Crippen LogP contribution in [0.5, 0.6) is 0 Å². The number of pyridine rings is 1. The summed E-state index contributed by atoms with van der Waals surface area (Å²) in [5.74, 6) is 1.24. The first-order chi connectivity index (χ1) is 11.2. The lowest BCUT2D eigenvalue weighted by Gasteiger charge is -2.31. The van der Waals surface area contributed by atoms with E-state index in [1.807, 2.05) is 12.3 Å². The minimum Gasteiger partial charge on any atom is -0.309 e. The Hall–Kier alpha value is -1.46. The zero-order valence-electron chi connectivity index (χ0n) is 14.3. The van der Waals surface area contributed by atoms with Gasteiger partial charge in [-0.15, -0.1) is 0 Å². The third-order valence-electron chi connectivity index (χ3n) is 5.66. The Balaban J connectivity index is 1.69. The fourth-order valence-corrected chi connectivity index (χ4v) is 4.21. The number of hydrogen-bond acceptors (Lipinski definition) is 4. The number of hydrogen-bond donors (Lipinski definition) is 0. The predicted molar refractivity (Wildman–Crippen MR) is 92.7 cm³/mol. The first kappa shape index (κ1) is 15.1. The van der Waals surface area contributed by atoms with E-state index in [-0.39, 0.29) is 0 Å². The maximum Gasteiger partial charge on any atom is 0.160 e. The van der Waals surface area contributed by atoms with Gasteiger partial charge in [-0.3, -0.25) is 0 Å². The monoisotopic (exact) mass is 313 g/mol. The SMILES string of the molecule is CN1CCC(n2c(CC3CCCN3C)nc3cccnc32)CC1. The Labute approximate surface area is 138 Å². The largest absolute Gasteiger partial charge is 0.309 e. The molecule has 2 aromatic heterocycles. The molecule has 23 heavy (non-hydrogen) atoms. The van der Waals surface area contributed by atoms with Crippen LogP contribution in [0.4, 0.5) is 0 Å². The number of fused-ring (bicyclic) bond motifs is 1. The second-order valence-electron chi connectivity index (χ2n) is 7.26. The molecule has 2 saturated heterocycles. The van der Waals surface area contributed by atoms with Gasteiger partial charge in [-0.25, -0.2) is 9.97 Å². The molecule has 0 amide bonds. The average Bonchev–Trinajstić information content (AvgIpc) is 3.12. The van der Waals surface area contributed by atoms with E-state index in [0.717, 1.165) is 17.6 Å². The zero-order chi connectivity index (χ0) is 15.8.